The third-order valence-electron chi connectivity index (χ3n) is 2.46. The molecule has 15 heavy (non-hydrogen) atoms. The summed E-state index contributed by atoms with van der Waals surface area (Å²) in [5, 5.41) is 9.59. The lowest BCUT2D eigenvalue weighted by atomic mass is 10.2. The minimum Gasteiger partial charge on any atom is -0.375 e. The highest BCUT2D eigenvalue weighted by Crippen LogP contribution is 2.27. The molecule has 0 spiro atoms. The fraction of sp³-hybridized carbons (Fsp3) is 1.00. The standard InChI is InChI=1S/C11H23NO3/c1-4-5-14-9-6-8(12)7-10(9)15-11(2,3)13/h8-10,13H,4-7,12H2,1-3H3/t8-,9+,10+/m1/s1. The molecule has 0 radical (unpaired) electrons. The molecule has 0 bridgehead atoms. The maximum Gasteiger partial charge on any atom is 0.160 e. The summed E-state index contributed by atoms with van der Waals surface area (Å²) in [7, 11) is 0. The zero-order valence-electron chi connectivity index (χ0n) is 9.90. The van der Waals surface area contributed by atoms with E-state index in [9.17, 15) is 5.11 Å². The molecule has 90 valence electrons. The van der Waals surface area contributed by atoms with E-state index in [4.69, 9.17) is 15.2 Å². The summed E-state index contributed by atoms with van der Waals surface area (Å²) in [4.78, 5) is 0. The molecule has 0 saturated heterocycles. The van der Waals surface area contributed by atoms with Crippen LogP contribution in [-0.2, 0) is 9.47 Å². The van der Waals surface area contributed by atoms with Gasteiger partial charge in [0.15, 0.2) is 5.79 Å². The predicted molar refractivity (Wildman–Crippen MR) is 58.4 cm³/mol. The first-order chi connectivity index (χ1) is 6.92. The molecular formula is C11H23NO3. The number of hydrogen-bond donors (Lipinski definition) is 2. The summed E-state index contributed by atoms with van der Waals surface area (Å²) < 4.78 is 11.2. The minimum atomic E-state index is -1.11. The van der Waals surface area contributed by atoms with Crippen molar-refractivity contribution in [3.63, 3.8) is 0 Å². The maximum atomic E-state index is 9.59. The van der Waals surface area contributed by atoms with Gasteiger partial charge in [-0.05, 0) is 33.1 Å². The van der Waals surface area contributed by atoms with E-state index in [0.717, 1.165) is 25.9 Å². The second-order valence-corrected chi connectivity index (χ2v) is 4.74. The molecule has 0 amide bonds. The van der Waals surface area contributed by atoms with Crippen LogP contribution in [0.15, 0.2) is 0 Å². The Morgan fingerprint density at radius 3 is 2.47 bits per heavy atom. The van der Waals surface area contributed by atoms with E-state index in [2.05, 4.69) is 6.92 Å². The van der Waals surface area contributed by atoms with Gasteiger partial charge in [-0.25, -0.2) is 0 Å². The summed E-state index contributed by atoms with van der Waals surface area (Å²) in [6, 6.07) is 0.124. The molecule has 0 heterocycles. The second-order valence-electron chi connectivity index (χ2n) is 4.74. The number of nitrogens with two attached hydrogens (primary N) is 1. The molecule has 1 fully saturated rings. The van der Waals surface area contributed by atoms with Crippen molar-refractivity contribution in [2.45, 2.75) is 64.1 Å². The van der Waals surface area contributed by atoms with E-state index in [1.807, 2.05) is 0 Å². The lowest BCUT2D eigenvalue weighted by molar-refractivity contribution is -0.224. The van der Waals surface area contributed by atoms with Crippen LogP contribution in [0.2, 0.25) is 0 Å². The first kappa shape index (κ1) is 12.9. The van der Waals surface area contributed by atoms with Crippen LogP contribution < -0.4 is 5.73 Å². The Labute approximate surface area is 91.7 Å². The van der Waals surface area contributed by atoms with Gasteiger partial charge in [-0.1, -0.05) is 6.92 Å². The Bertz CT molecular complexity index is 191. The summed E-state index contributed by atoms with van der Waals surface area (Å²) in [6.07, 6.45) is 2.53. The van der Waals surface area contributed by atoms with Crippen LogP contribution in [0.5, 0.6) is 0 Å². The van der Waals surface area contributed by atoms with Gasteiger partial charge in [-0.15, -0.1) is 0 Å². The lowest BCUT2D eigenvalue weighted by Gasteiger charge is -2.27. The number of hydrogen-bond acceptors (Lipinski definition) is 4. The summed E-state index contributed by atoms with van der Waals surface area (Å²) >= 11 is 0. The molecule has 0 aromatic rings. The molecule has 1 saturated carbocycles. The van der Waals surface area contributed by atoms with Gasteiger partial charge < -0.3 is 20.3 Å². The quantitative estimate of drug-likeness (QED) is 0.675. The molecule has 0 unspecified atom stereocenters. The SMILES string of the molecule is CCCO[C@H]1C[C@@H](N)C[C@@H]1OC(C)(C)O. The van der Waals surface area contributed by atoms with E-state index in [0.29, 0.717) is 0 Å². The van der Waals surface area contributed by atoms with Crippen LogP contribution in [0.25, 0.3) is 0 Å². The zero-order chi connectivity index (χ0) is 11.5. The first-order valence-electron chi connectivity index (χ1n) is 5.69. The van der Waals surface area contributed by atoms with E-state index < -0.39 is 5.79 Å². The van der Waals surface area contributed by atoms with E-state index >= 15 is 0 Å². The highest BCUT2D eigenvalue weighted by Gasteiger charge is 2.36. The van der Waals surface area contributed by atoms with Crippen molar-refractivity contribution in [1.29, 1.82) is 0 Å². The number of aliphatic hydroxyl groups is 1. The van der Waals surface area contributed by atoms with Crippen LogP contribution in [-0.4, -0.2) is 35.8 Å². The molecule has 0 aromatic heterocycles. The van der Waals surface area contributed by atoms with Gasteiger partial charge in [0.05, 0.1) is 12.2 Å². The Morgan fingerprint density at radius 2 is 1.93 bits per heavy atom. The molecule has 3 atom stereocenters. The smallest absolute Gasteiger partial charge is 0.160 e. The van der Waals surface area contributed by atoms with Crippen molar-refractivity contribution < 1.29 is 14.6 Å². The average Bonchev–Trinajstić information content (AvgIpc) is 2.39. The highest BCUT2D eigenvalue weighted by molar-refractivity contribution is 4.88. The van der Waals surface area contributed by atoms with Crippen LogP contribution in [0.1, 0.15) is 40.0 Å². The van der Waals surface area contributed by atoms with Gasteiger partial charge in [-0.2, -0.15) is 0 Å². The fourth-order valence-electron chi connectivity index (χ4n) is 1.94. The molecule has 0 aliphatic heterocycles. The molecule has 3 N–H and O–H groups in total. The topological polar surface area (TPSA) is 64.7 Å². The van der Waals surface area contributed by atoms with E-state index in [1.165, 1.54) is 0 Å². The third kappa shape index (κ3) is 4.47. The van der Waals surface area contributed by atoms with Crippen molar-refractivity contribution in [3.8, 4) is 0 Å². The van der Waals surface area contributed by atoms with Gasteiger partial charge in [0, 0.05) is 12.6 Å². The van der Waals surface area contributed by atoms with Crippen molar-refractivity contribution in [1.82, 2.24) is 0 Å². The first-order valence-corrected chi connectivity index (χ1v) is 5.69. The Hall–Kier alpha value is -0.160. The average molecular weight is 217 g/mol. The molecule has 1 aliphatic rings. The summed E-state index contributed by atoms with van der Waals surface area (Å²) in [5.41, 5.74) is 5.86. The van der Waals surface area contributed by atoms with Crippen LogP contribution in [0.4, 0.5) is 0 Å². The molecule has 1 aliphatic carbocycles. The Morgan fingerprint density at radius 1 is 1.33 bits per heavy atom. The van der Waals surface area contributed by atoms with Crippen molar-refractivity contribution in [3.05, 3.63) is 0 Å². The summed E-state index contributed by atoms with van der Waals surface area (Å²) in [6.45, 7) is 6.06. The van der Waals surface area contributed by atoms with E-state index in [-0.39, 0.29) is 18.2 Å². The maximum absolute atomic E-state index is 9.59. The van der Waals surface area contributed by atoms with Crippen LogP contribution >= 0.6 is 0 Å². The normalized spacial score (nSPS) is 32.2. The van der Waals surface area contributed by atoms with Crippen molar-refractivity contribution in [2.24, 2.45) is 5.73 Å². The molecule has 4 heteroatoms. The zero-order valence-corrected chi connectivity index (χ0v) is 9.90. The third-order valence-corrected chi connectivity index (χ3v) is 2.46. The van der Waals surface area contributed by atoms with Gasteiger partial charge in [0.1, 0.15) is 0 Å². The van der Waals surface area contributed by atoms with Gasteiger partial charge in [-0.3, -0.25) is 0 Å². The molecular weight excluding hydrogens is 194 g/mol. The predicted octanol–water partition coefficient (Wildman–Crippen LogP) is 1.02. The van der Waals surface area contributed by atoms with Crippen molar-refractivity contribution >= 4 is 0 Å². The summed E-state index contributed by atoms with van der Waals surface area (Å²) in [5.74, 6) is -1.11. The van der Waals surface area contributed by atoms with Gasteiger partial charge >= 0.3 is 0 Å². The Kier molecular flexibility index (Phi) is 4.52. The molecule has 1 rings (SSSR count). The fourth-order valence-corrected chi connectivity index (χ4v) is 1.94. The highest BCUT2D eigenvalue weighted by atomic mass is 16.6. The number of rotatable bonds is 5. The largest absolute Gasteiger partial charge is 0.375 e. The Balaban J connectivity index is 2.45. The molecule has 0 aromatic carbocycles. The lowest BCUT2D eigenvalue weighted by Crippen LogP contribution is -2.35. The van der Waals surface area contributed by atoms with Crippen LogP contribution in [0.3, 0.4) is 0 Å². The van der Waals surface area contributed by atoms with Gasteiger partial charge in [0.25, 0.3) is 0 Å². The molecule has 4 nitrogen and oxygen atoms in total. The van der Waals surface area contributed by atoms with Crippen molar-refractivity contribution in [2.75, 3.05) is 6.61 Å². The minimum absolute atomic E-state index is 0.0337. The monoisotopic (exact) mass is 217 g/mol. The number of ether oxygens (including phenoxy) is 2. The van der Waals surface area contributed by atoms with Gasteiger partial charge in [0.2, 0.25) is 0 Å². The van der Waals surface area contributed by atoms with Crippen LogP contribution in [0, 0.1) is 0 Å². The second kappa shape index (κ2) is 5.25. The van der Waals surface area contributed by atoms with E-state index in [1.54, 1.807) is 13.8 Å².